The van der Waals surface area contributed by atoms with Crippen molar-refractivity contribution in [3.63, 3.8) is 0 Å². The normalized spacial score (nSPS) is 9.86. The van der Waals surface area contributed by atoms with Gasteiger partial charge in [-0.2, -0.15) is 0 Å². The number of pyridine rings is 1. The molecule has 2 rings (SSSR count). The number of carbonyl (C=O) groups excluding carboxylic acids is 1. The van der Waals surface area contributed by atoms with Crippen LogP contribution in [0.2, 0.25) is 0 Å². The van der Waals surface area contributed by atoms with Gasteiger partial charge in [0.1, 0.15) is 0 Å². The molecule has 1 amide bonds. The summed E-state index contributed by atoms with van der Waals surface area (Å²) in [6, 6.07) is 13.8. The molecule has 0 spiro atoms. The number of hydrogen-bond acceptors (Lipinski definition) is 3. The van der Waals surface area contributed by atoms with E-state index in [0.717, 1.165) is 17.5 Å². The van der Waals surface area contributed by atoms with Crippen LogP contribution in [0, 0.1) is 0 Å². The summed E-state index contributed by atoms with van der Waals surface area (Å²) in [6.45, 7) is 1.90. The number of benzene rings is 1. The number of hydrogen-bond donors (Lipinski definition) is 1. The highest BCUT2D eigenvalue weighted by atomic mass is 35.5. The summed E-state index contributed by atoms with van der Waals surface area (Å²) in [4.78, 5) is 18.4. The minimum absolute atomic E-state index is 0. The van der Waals surface area contributed by atoms with Crippen molar-refractivity contribution in [2.45, 2.75) is 19.4 Å². The van der Waals surface area contributed by atoms with Crippen LogP contribution in [0.25, 0.3) is 0 Å². The number of nitrogens with zero attached hydrogens (tertiary/aromatic N) is 2. The van der Waals surface area contributed by atoms with Gasteiger partial charge in [-0.1, -0.05) is 36.4 Å². The van der Waals surface area contributed by atoms with Crippen molar-refractivity contribution in [2.24, 2.45) is 5.73 Å². The maximum absolute atomic E-state index is 12.5. The minimum Gasteiger partial charge on any atom is -0.338 e. The van der Waals surface area contributed by atoms with Crippen LogP contribution >= 0.6 is 12.4 Å². The topological polar surface area (TPSA) is 59.2 Å². The zero-order chi connectivity index (χ0) is 14.9. The van der Waals surface area contributed by atoms with Crippen molar-refractivity contribution in [1.29, 1.82) is 0 Å². The third kappa shape index (κ3) is 5.84. The zero-order valence-corrected chi connectivity index (χ0v) is 13.3. The Labute approximate surface area is 137 Å². The fourth-order valence-corrected chi connectivity index (χ4v) is 2.17. The summed E-state index contributed by atoms with van der Waals surface area (Å²) in [5, 5.41) is 0. The lowest BCUT2D eigenvalue weighted by atomic mass is 10.1. The van der Waals surface area contributed by atoms with E-state index in [1.54, 1.807) is 12.4 Å². The van der Waals surface area contributed by atoms with Crippen molar-refractivity contribution in [3.05, 3.63) is 66.0 Å². The number of nitrogens with two attached hydrogens (primary N) is 1. The second kappa shape index (κ2) is 9.92. The third-order valence-corrected chi connectivity index (χ3v) is 3.28. The Morgan fingerprint density at radius 1 is 1.09 bits per heavy atom. The smallest absolute Gasteiger partial charge is 0.227 e. The first-order chi connectivity index (χ1) is 10.3. The number of rotatable bonds is 7. The highest BCUT2D eigenvalue weighted by molar-refractivity contribution is 5.85. The molecule has 0 aliphatic rings. The molecule has 22 heavy (non-hydrogen) atoms. The Bertz CT molecular complexity index is 548. The van der Waals surface area contributed by atoms with E-state index in [2.05, 4.69) is 4.98 Å². The van der Waals surface area contributed by atoms with Gasteiger partial charge in [-0.3, -0.25) is 9.78 Å². The highest BCUT2D eigenvalue weighted by Gasteiger charge is 2.14. The van der Waals surface area contributed by atoms with Crippen LogP contribution in [0.4, 0.5) is 0 Å². The second-order valence-corrected chi connectivity index (χ2v) is 4.98. The van der Waals surface area contributed by atoms with Crippen LogP contribution in [-0.2, 0) is 17.8 Å². The SMILES string of the molecule is Cl.NCCCN(Cc1ccccc1)C(=O)Cc1cccnc1. The van der Waals surface area contributed by atoms with E-state index in [9.17, 15) is 4.79 Å². The minimum atomic E-state index is 0. The van der Waals surface area contributed by atoms with Crippen molar-refractivity contribution in [1.82, 2.24) is 9.88 Å². The second-order valence-electron chi connectivity index (χ2n) is 4.98. The number of amides is 1. The molecule has 4 nitrogen and oxygen atoms in total. The van der Waals surface area contributed by atoms with E-state index in [-0.39, 0.29) is 18.3 Å². The van der Waals surface area contributed by atoms with Crippen LogP contribution in [-0.4, -0.2) is 28.9 Å². The fourth-order valence-electron chi connectivity index (χ4n) is 2.17. The van der Waals surface area contributed by atoms with Crippen LogP contribution in [0.1, 0.15) is 17.5 Å². The molecule has 0 aliphatic carbocycles. The summed E-state index contributed by atoms with van der Waals surface area (Å²) in [5.41, 5.74) is 7.65. The van der Waals surface area contributed by atoms with Gasteiger partial charge in [0, 0.05) is 25.5 Å². The molecule has 0 saturated heterocycles. The van der Waals surface area contributed by atoms with Gasteiger partial charge in [-0.05, 0) is 30.2 Å². The molecule has 5 heteroatoms. The Morgan fingerprint density at radius 3 is 2.45 bits per heavy atom. The molecule has 2 aromatic rings. The summed E-state index contributed by atoms with van der Waals surface area (Å²) >= 11 is 0. The summed E-state index contributed by atoms with van der Waals surface area (Å²) < 4.78 is 0. The molecule has 0 atom stereocenters. The Morgan fingerprint density at radius 2 is 1.82 bits per heavy atom. The summed E-state index contributed by atoms with van der Waals surface area (Å²) in [5.74, 6) is 0.111. The van der Waals surface area contributed by atoms with Gasteiger partial charge >= 0.3 is 0 Å². The first kappa shape index (κ1) is 18.1. The fraction of sp³-hybridized carbons (Fsp3) is 0.294. The molecule has 1 heterocycles. The van der Waals surface area contributed by atoms with Crippen LogP contribution in [0.5, 0.6) is 0 Å². The molecule has 118 valence electrons. The predicted octanol–water partition coefficient (Wildman–Crippen LogP) is 2.42. The standard InChI is InChI=1S/C17H21N3O.ClH/c18-9-5-11-20(14-15-6-2-1-3-7-15)17(21)12-16-8-4-10-19-13-16;/h1-4,6-8,10,13H,5,9,11-12,14,18H2;1H. The molecular formula is C17H22ClN3O. The lowest BCUT2D eigenvalue weighted by Crippen LogP contribution is -2.33. The lowest BCUT2D eigenvalue weighted by molar-refractivity contribution is -0.131. The highest BCUT2D eigenvalue weighted by Crippen LogP contribution is 2.08. The van der Waals surface area contributed by atoms with E-state index in [0.29, 0.717) is 26.1 Å². The van der Waals surface area contributed by atoms with Gasteiger partial charge in [0.25, 0.3) is 0 Å². The van der Waals surface area contributed by atoms with Crippen LogP contribution in [0.15, 0.2) is 54.9 Å². The van der Waals surface area contributed by atoms with Gasteiger partial charge < -0.3 is 10.6 Å². The molecule has 1 aromatic carbocycles. The molecule has 0 saturated carbocycles. The maximum atomic E-state index is 12.5. The van der Waals surface area contributed by atoms with Crippen molar-refractivity contribution >= 4 is 18.3 Å². The number of carbonyl (C=O) groups is 1. The Kier molecular flexibility index (Phi) is 8.18. The molecule has 2 N–H and O–H groups in total. The van der Waals surface area contributed by atoms with Gasteiger partial charge in [-0.25, -0.2) is 0 Å². The van der Waals surface area contributed by atoms with Gasteiger partial charge in [0.2, 0.25) is 5.91 Å². The molecule has 0 unspecified atom stereocenters. The Balaban J connectivity index is 0.00000242. The van der Waals surface area contributed by atoms with Crippen molar-refractivity contribution < 1.29 is 4.79 Å². The lowest BCUT2D eigenvalue weighted by Gasteiger charge is -2.22. The van der Waals surface area contributed by atoms with Gasteiger partial charge in [0.05, 0.1) is 6.42 Å². The Hall–Kier alpha value is -1.91. The average Bonchev–Trinajstić information content (AvgIpc) is 2.53. The summed E-state index contributed by atoms with van der Waals surface area (Å²) in [6.07, 6.45) is 4.64. The first-order valence-electron chi connectivity index (χ1n) is 7.20. The predicted molar refractivity (Wildman–Crippen MR) is 90.7 cm³/mol. The van der Waals surface area contributed by atoms with Crippen LogP contribution < -0.4 is 5.73 Å². The molecular weight excluding hydrogens is 298 g/mol. The monoisotopic (exact) mass is 319 g/mol. The van der Waals surface area contributed by atoms with E-state index in [1.807, 2.05) is 47.4 Å². The number of aromatic nitrogens is 1. The average molecular weight is 320 g/mol. The van der Waals surface area contributed by atoms with E-state index >= 15 is 0 Å². The van der Waals surface area contributed by atoms with Gasteiger partial charge in [0.15, 0.2) is 0 Å². The number of halogens is 1. The summed E-state index contributed by atoms with van der Waals surface area (Å²) in [7, 11) is 0. The van der Waals surface area contributed by atoms with Crippen LogP contribution in [0.3, 0.4) is 0 Å². The maximum Gasteiger partial charge on any atom is 0.227 e. The first-order valence-corrected chi connectivity index (χ1v) is 7.20. The molecule has 0 radical (unpaired) electrons. The quantitative estimate of drug-likeness (QED) is 0.852. The van der Waals surface area contributed by atoms with E-state index < -0.39 is 0 Å². The zero-order valence-electron chi connectivity index (χ0n) is 12.5. The van der Waals surface area contributed by atoms with E-state index in [1.165, 1.54) is 0 Å². The van der Waals surface area contributed by atoms with E-state index in [4.69, 9.17) is 5.73 Å². The molecule has 0 aliphatic heterocycles. The largest absolute Gasteiger partial charge is 0.338 e. The molecule has 0 bridgehead atoms. The van der Waals surface area contributed by atoms with Crippen molar-refractivity contribution in [3.8, 4) is 0 Å². The molecule has 1 aromatic heterocycles. The van der Waals surface area contributed by atoms with Crippen molar-refractivity contribution in [2.75, 3.05) is 13.1 Å². The molecule has 0 fully saturated rings. The van der Waals surface area contributed by atoms with Gasteiger partial charge in [-0.15, -0.1) is 12.4 Å². The third-order valence-electron chi connectivity index (χ3n) is 3.28.